The van der Waals surface area contributed by atoms with Gasteiger partial charge in [-0.3, -0.25) is 9.69 Å². The first-order valence-corrected chi connectivity index (χ1v) is 8.54. The molecule has 0 aliphatic carbocycles. The molecule has 1 fully saturated rings. The van der Waals surface area contributed by atoms with Gasteiger partial charge in [0.05, 0.1) is 12.7 Å². The Morgan fingerprint density at radius 2 is 1.80 bits per heavy atom. The molecule has 4 nitrogen and oxygen atoms in total. The highest BCUT2D eigenvalue weighted by molar-refractivity contribution is 6.30. The van der Waals surface area contributed by atoms with E-state index in [0.717, 1.165) is 25.4 Å². The number of carbonyl (C=O) groups is 1. The molecule has 2 aromatic rings. The third-order valence-electron chi connectivity index (χ3n) is 4.39. The van der Waals surface area contributed by atoms with Crippen LogP contribution in [0.2, 0.25) is 5.02 Å². The molecule has 1 saturated heterocycles. The molecule has 0 aromatic heterocycles. The fourth-order valence-electron chi connectivity index (χ4n) is 2.93. The van der Waals surface area contributed by atoms with Crippen LogP contribution in [0.25, 0.3) is 0 Å². The molecule has 0 spiro atoms. The minimum atomic E-state index is -0.571. The molecule has 1 aliphatic heterocycles. The van der Waals surface area contributed by atoms with Crippen molar-refractivity contribution in [3.8, 4) is 5.75 Å². The maximum atomic E-state index is 13.9. The summed E-state index contributed by atoms with van der Waals surface area (Å²) in [5.41, 5.74) is 1.28. The average Bonchev–Trinajstić information content (AvgIpc) is 2.62. The third kappa shape index (κ3) is 4.30. The van der Waals surface area contributed by atoms with E-state index < -0.39 is 5.82 Å². The minimum absolute atomic E-state index is 0.0769. The van der Waals surface area contributed by atoms with Crippen LogP contribution in [0.4, 0.5) is 4.39 Å². The number of hydrogen-bond donors (Lipinski definition) is 0. The van der Waals surface area contributed by atoms with E-state index in [0.29, 0.717) is 18.1 Å². The number of methoxy groups -OCH3 is 1. The second-order valence-corrected chi connectivity index (χ2v) is 6.48. The summed E-state index contributed by atoms with van der Waals surface area (Å²) in [7, 11) is 1.65. The zero-order valence-corrected chi connectivity index (χ0v) is 14.8. The summed E-state index contributed by atoms with van der Waals surface area (Å²) in [6, 6.07) is 12.1. The number of rotatable bonds is 4. The van der Waals surface area contributed by atoms with Crippen molar-refractivity contribution in [3.63, 3.8) is 0 Å². The van der Waals surface area contributed by atoms with Crippen molar-refractivity contribution in [1.82, 2.24) is 9.80 Å². The first-order valence-electron chi connectivity index (χ1n) is 8.16. The normalized spacial score (nSPS) is 15.2. The number of piperazine rings is 1. The molecule has 25 heavy (non-hydrogen) atoms. The van der Waals surface area contributed by atoms with E-state index >= 15 is 0 Å². The van der Waals surface area contributed by atoms with E-state index in [1.54, 1.807) is 12.0 Å². The number of benzene rings is 2. The Bertz CT molecular complexity index is 744. The number of halogens is 2. The summed E-state index contributed by atoms with van der Waals surface area (Å²) in [5.74, 6) is -0.0133. The molecular formula is C19H20ClFN2O2. The molecule has 3 rings (SSSR count). The van der Waals surface area contributed by atoms with Crippen LogP contribution < -0.4 is 4.74 Å². The van der Waals surface area contributed by atoms with Gasteiger partial charge in [-0.2, -0.15) is 0 Å². The highest BCUT2D eigenvalue weighted by atomic mass is 35.5. The lowest BCUT2D eigenvalue weighted by Gasteiger charge is -2.34. The molecular weight excluding hydrogens is 343 g/mol. The Labute approximate surface area is 151 Å². The van der Waals surface area contributed by atoms with E-state index in [2.05, 4.69) is 4.90 Å². The zero-order valence-electron chi connectivity index (χ0n) is 14.0. The summed E-state index contributed by atoms with van der Waals surface area (Å²) in [6.45, 7) is 3.50. The smallest absolute Gasteiger partial charge is 0.256 e. The summed E-state index contributed by atoms with van der Waals surface area (Å²) in [4.78, 5) is 16.5. The number of ether oxygens (including phenoxy) is 1. The predicted molar refractivity (Wildman–Crippen MR) is 95.6 cm³/mol. The van der Waals surface area contributed by atoms with Gasteiger partial charge in [-0.25, -0.2) is 4.39 Å². The van der Waals surface area contributed by atoms with E-state index in [1.807, 2.05) is 24.3 Å². The van der Waals surface area contributed by atoms with E-state index in [-0.39, 0.29) is 11.5 Å². The Kier molecular flexibility index (Phi) is 5.56. The Hall–Kier alpha value is -2.11. The second-order valence-electron chi connectivity index (χ2n) is 6.04. The summed E-state index contributed by atoms with van der Waals surface area (Å²) in [6.07, 6.45) is 0. The van der Waals surface area contributed by atoms with Crippen LogP contribution in [0.5, 0.6) is 5.75 Å². The lowest BCUT2D eigenvalue weighted by atomic mass is 10.1. The van der Waals surface area contributed by atoms with Gasteiger partial charge in [0.1, 0.15) is 11.6 Å². The molecule has 0 unspecified atom stereocenters. The summed E-state index contributed by atoms with van der Waals surface area (Å²) < 4.78 is 19.1. The SMILES string of the molecule is COc1ccc(CN2CCN(C(=O)c3ccc(Cl)cc3F)CC2)cc1. The van der Waals surface area contributed by atoms with Crippen LogP contribution in [0.15, 0.2) is 42.5 Å². The fourth-order valence-corrected chi connectivity index (χ4v) is 3.09. The molecule has 1 amide bonds. The lowest BCUT2D eigenvalue weighted by Crippen LogP contribution is -2.48. The zero-order chi connectivity index (χ0) is 17.8. The average molecular weight is 363 g/mol. The minimum Gasteiger partial charge on any atom is -0.497 e. The maximum Gasteiger partial charge on any atom is 0.256 e. The van der Waals surface area contributed by atoms with Crippen molar-refractivity contribution in [2.45, 2.75) is 6.54 Å². The van der Waals surface area contributed by atoms with Gasteiger partial charge in [-0.15, -0.1) is 0 Å². The van der Waals surface area contributed by atoms with Crippen LogP contribution in [-0.2, 0) is 6.54 Å². The van der Waals surface area contributed by atoms with Crippen molar-refractivity contribution >= 4 is 17.5 Å². The van der Waals surface area contributed by atoms with E-state index in [1.165, 1.54) is 23.8 Å². The molecule has 0 radical (unpaired) electrons. The standard InChI is InChI=1S/C19H20ClFN2O2/c1-25-16-5-2-14(3-6-16)13-22-8-10-23(11-9-22)19(24)17-7-4-15(20)12-18(17)21/h2-7,12H,8-11,13H2,1H3. The topological polar surface area (TPSA) is 32.8 Å². The van der Waals surface area contributed by atoms with Crippen LogP contribution in [-0.4, -0.2) is 49.0 Å². The molecule has 132 valence electrons. The van der Waals surface area contributed by atoms with Crippen LogP contribution in [0.1, 0.15) is 15.9 Å². The van der Waals surface area contributed by atoms with Crippen molar-refractivity contribution in [3.05, 3.63) is 64.4 Å². The molecule has 0 saturated carbocycles. The molecule has 1 heterocycles. The quantitative estimate of drug-likeness (QED) is 0.835. The van der Waals surface area contributed by atoms with Crippen LogP contribution >= 0.6 is 11.6 Å². The number of hydrogen-bond acceptors (Lipinski definition) is 3. The largest absolute Gasteiger partial charge is 0.497 e. The first-order chi connectivity index (χ1) is 12.1. The Morgan fingerprint density at radius 3 is 2.40 bits per heavy atom. The third-order valence-corrected chi connectivity index (χ3v) is 4.62. The maximum absolute atomic E-state index is 13.9. The van der Waals surface area contributed by atoms with Gasteiger partial charge in [0.25, 0.3) is 5.91 Å². The van der Waals surface area contributed by atoms with Gasteiger partial charge in [0.15, 0.2) is 0 Å². The van der Waals surface area contributed by atoms with Gasteiger partial charge in [0, 0.05) is 37.7 Å². The summed E-state index contributed by atoms with van der Waals surface area (Å²) in [5, 5.41) is 0.290. The number of amides is 1. The molecule has 1 aliphatic rings. The molecule has 0 bridgehead atoms. The van der Waals surface area contributed by atoms with Crippen molar-refractivity contribution < 1.29 is 13.9 Å². The predicted octanol–water partition coefficient (Wildman–Crippen LogP) is 3.45. The number of carbonyl (C=O) groups excluding carboxylic acids is 1. The highest BCUT2D eigenvalue weighted by Gasteiger charge is 2.24. The van der Waals surface area contributed by atoms with Gasteiger partial charge < -0.3 is 9.64 Å². The number of nitrogens with zero attached hydrogens (tertiary/aromatic N) is 2. The van der Waals surface area contributed by atoms with Crippen LogP contribution in [0.3, 0.4) is 0 Å². The van der Waals surface area contributed by atoms with Gasteiger partial charge in [-0.1, -0.05) is 23.7 Å². The monoisotopic (exact) mass is 362 g/mol. The van der Waals surface area contributed by atoms with E-state index in [9.17, 15) is 9.18 Å². The Morgan fingerprint density at radius 1 is 1.12 bits per heavy atom. The second kappa shape index (κ2) is 7.85. The summed E-state index contributed by atoms with van der Waals surface area (Å²) >= 11 is 5.74. The molecule has 6 heteroatoms. The molecule has 2 aromatic carbocycles. The van der Waals surface area contributed by atoms with Crippen molar-refractivity contribution in [2.75, 3.05) is 33.3 Å². The van der Waals surface area contributed by atoms with Gasteiger partial charge in [0.2, 0.25) is 0 Å². The van der Waals surface area contributed by atoms with Crippen molar-refractivity contribution in [1.29, 1.82) is 0 Å². The Balaban J connectivity index is 1.56. The van der Waals surface area contributed by atoms with Crippen LogP contribution in [0, 0.1) is 5.82 Å². The molecule has 0 N–H and O–H groups in total. The van der Waals surface area contributed by atoms with Gasteiger partial charge in [-0.05, 0) is 35.9 Å². The van der Waals surface area contributed by atoms with E-state index in [4.69, 9.17) is 16.3 Å². The fraction of sp³-hybridized carbons (Fsp3) is 0.316. The first kappa shape index (κ1) is 17.7. The van der Waals surface area contributed by atoms with Crippen molar-refractivity contribution in [2.24, 2.45) is 0 Å². The highest BCUT2D eigenvalue weighted by Crippen LogP contribution is 2.18. The lowest BCUT2D eigenvalue weighted by molar-refractivity contribution is 0.0624. The van der Waals surface area contributed by atoms with Gasteiger partial charge >= 0.3 is 0 Å². The molecule has 0 atom stereocenters.